The number of hydrogen-bond donors (Lipinski definition) is 1. The van der Waals surface area contributed by atoms with E-state index in [4.69, 9.17) is 16.3 Å². The molecule has 0 aliphatic carbocycles. The van der Waals surface area contributed by atoms with Gasteiger partial charge in [-0.3, -0.25) is 4.98 Å². The van der Waals surface area contributed by atoms with Crippen LogP contribution in [0.2, 0.25) is 5.15 Å². The zero-order valence-electron chi connectivity index (χ0n) is 12.4. The van der Waals surface area contributed by atoms with E-state index in [1.54, 1.807) is 6.20 Å². The van der Waals surface area contributed by atoms with Gasteiger partial charge in [-0.2, -0.15) is 0 Å². The van der Waals surface area contributed by atoms with Crippen LogP contribution in [0.3, 0.4) is 0 Å². The highest BCUT2D eigenvalue weighted by atomic mass is 35.5. The van der Waals surface area contributed by atoms with Gasteiger partial charge in [-0.05, 0) is 12.1 Å². The third-order valence-corrected chi connectivity index (χ3v) is 3.63. The normalized spacial score (nSPS) is 17.4. The van der Waals surface area contributed by atoms with Crippen LogP contribution in [-0.4, -0.2) is 35.8 Å². The first-order chi connectivity index (χ1) is 11.2. The maximum atomic E-state index is 13.6. The topological polar surface area (TPSA) is 47.0 Å². The highest BCUT2D eigenvalue weighted by molar-refractivity contribution is 6.29. The van der Waals surface area contributed by atoms with Crippen molar-refractivity contribution in [3.63, 3.8) is 0 Å². The average molecular weight is 332 g/mol. The summed E-state index contributed by atoms with van der Waals surface area (Å²) in [6, 6.07) is 4.93. The van der Waals surface area contributed by atoms with Gasteiger partial charge in [0.2, 0.25) is 0 Å². The van der Waals surface area contributed by atoms with Gasteiger partial charge in [0.05, 0.1) is 18.3 Å². The van der Waals surface area contributed by atoms with Gasteiger partial charge in [0.1, 0.15) is 11.0 Å². The van der Waals surface area contributed by atoms with E-state index in [0.29, 0.717) is 5.56 Å². The van der Waals surface area contributed by atoms with E-state index < -0.39 is 5.82 Å². The first-order valence-corrected chi connectivity index (χ1v) is 7.69. The first kappa shape index (κ1) is 15.9. The molecule has 0 radical (unpaired) electrons. The molecule has 0 spiro atoms. The Hall–Kier alpha value is -2.00. The van der Waals surface area contributed by atoms with Crippen LogP contribution in [-0.2, 0) is 11.2 Å². The van der Waals surface area contributed by atoms with Gasteiger partial charge in [-0.25, -0.2) is 9.37 Å². The predicted molar refractivity (Wildman–Crippen MR) is 85.7 cm³/mol. The Morgan fingerprint density at radius 3 is 2.91 bits per heavy atom. The van der Waals surface area contributed by atoms with Gasteiger partial charge in [-0.1, -0.05) is 23.4 Å². The molecule has 1 aliphatic rings. The Balaban J connectivity index is 1.66. The zero-order valence-corrected chi connectivity index (χ0v) is 13.1. The van der Waals surface area contributed by atoms with Crippen molar-refractivity contribution in [3.05, 3.63) is 58.4 Å². The van der Waals surface area contributed by atoms with Crippen LogP contribution < -0.4 is 5.32 Å². The molecule has 6 heteroatoms. The van der Waals surface area contributed by atoms with E-state index in [-0.39, 0.29) is 16.8 Å². The van der Waals surface area contributed by atoms with E-state index in [9.17, 15) is 4.39 Å². The van der Waals surface area contributed by atoms with Crippen molar-refractivity contribution in [2.45, 2.75) is 12.5 Å². The molecule has 1 aliphatic heterocycles. The summed E-state index contributed by atoms with van der Waals surface area (Å²) in [6.45, 7) is 2.47. The second-order valence-corrected chi connectivity index (χ2v) is 5.56. The molecule has 1 unspecified atom stereocenters. The number of hydrogen-bond acceptors (Lipinski definition) is 4. The highest BCUT2D eigenvalue weighted by Gasteiger charge is 2.14. The summed E-state index contributed by atoms with van der Waals surface area (Å²) in [5.74, 6) is 5.13. The van der Waals surface area contributed by atoms with Gasteiger partial charge in [0.15, 0.2) is 0 Å². The van der Waals surface area contributed by atoms with Gasteiger partial charge < -0.3 is 10.1 Å². The Morgan fingerprint density at radius 2 is 2.22 bits per heavy atom. The zero-order chi connectivity index (χ0) is 16.1. The Morgan fingerprint density at radius 1 is 1.30 bits per heavy atom. The third kappa shape index (κ3) is 4.49. The highest BCUT2D eigenvalue weighted by Crippen LogP contribution is 2.11. The maximum absolute atomic E-state index is 13.6. The largest absolute Gasteiger partial charge is 0.375 e. The molecule has 23 heavy (non-hydrogen) atoms. The van der Waals surface area contributed by atoms with Crippen LogP contribution in [0, 0.1) is 17.7 Å². The number of ether oxygens (including phenoxy) is 1. The summed E-state index contributed by atoms with van der Waals surface area (Å²) in [7, 11) is 0. The van der Waals surface area contributed by atoms with Crippen molar-refractivity contribution >= 4 is 11.6 Å². The fraction of sp³-hybridized carbons (Fsp3) is 0.294. The lowest BCUT2D eigenvalue weighted by atomic mass is 10.1. The van der Waals surface area contributed by atoms with Gasteiger partial charge >= 0.3 is 0 Å². The van der Waals surface area contributed by atoms with E-state index >= 15 is 0 Å². The molecule has 1 N–H and O–H groups in total. The fourth-order valence-electron chi connectivity index (χ4n) is 2.24. The van der Waals surface area contributed by atoms with E-state index in [1.807, 2.05) is 12.1 Å². The molecule has 2 aromatic heterocycles. The number of pyridine rings is 2. The van der Waals surface area contributed by atoms with Crippen molar-refractivity contribution in [2.24, 2.45) is 0 Å². The third-order valence-electron chi connectivity index (χ3n) is 3.43. The van der Waals surface area contributed by atoms with Crippen LogP contribution in [0.4, 0.5) is 4.39 Å². The molecule has 1 fully saturated rings. The second-order valence-electron chi connectivity index (χ2n) is 5.18. The maximum Gasteiger partial charge on any atom is 0.143 e. The number of aromatic nitrogens is 2. The minimum atomic E-state index is -0.482. The van der Waals surface area contributed by atoms with Gasteiger partial charge in [-0.15, -0.1) is 0 Å². The summed E-state index contributed by atoms with van der Waals surface area (Å²) in [4.78, 5) is 8.20. The molecule has 4 nitrogen and oxygen atoms in total. The molecule has 0 saturated carbocycles. The number of nitrogens with zero attached hydrogens (tertiary/aromatic N) is 2. The molecular formula is C17H15ClFN3O. The monoisotopic (exact) mass is 331 g/mol. The van der Waals surface area contributed by atoms with Gasteiger partial charge in [0, 0.05) is 49.2 Å². The van der Waals surface area contributed by atoms with Crippen molar-refractivity contribution in [2.75, 3.05) is 19.7 Å². The van der Waals surface area contributed by atoms with Crippen LogP contribution in [0.25, 0.3) is 0 Å². The SMILES string of the molecule is Fc1cc(Cl)ncc1C#Cc1ccc(CC2CNCCO2)nc1. The lowest BCUT2D eigenvalue weighted by Gasteiger charge is -2.23. The van der Waals surface area contributed by atoms with Crippen LogP contribution in [0.1, 0.15) is 16.8 Å². The smallest absolute Gasteiger partial charge is 0.143 e. The Kier molecular flexibility index (Phi) is 5.19. The molecule has 1 atom stereocenters. The lowest BCUT2D eigenvalue weighted by molar-refractivity contribution is 0.0286. The second kappa shape index (κ2) is 7.51. The first-order valence-electron chi connectivity index (χ1n) is 7.31. The molecule has 0 bridgehead atoms. The molecule has 0 amide bonds. The van der Waals surface area contributed by atoms with Crippen LogP contribution >= 0.6 is 11.6 Å². The molecule has 2 aromatic rings. The molecule has 118 valence electrons. The van der Waals surface area contributed by atoms with Crippen LogP contribution in [0.15, 0.2) is 30.6 Å². The van der Waals surface area contributed by atoms with E-state index in [1.165, 1.54) is 6.20 Å². The summed E-state index contributed by atoms with van der Waals surface area (Å²) in [5.41, 5.74) is 1.87. The van der Waals surface area contributed by atoms with E-state index in [0.717, 1.165) is 37.9 Å². The Labute approximate surface area is 139 Å². The fourth-order valence-corrected chi connectivity index (χ4v) is 2.39. The molecule has 3 heterocycles. The quantitative estimate of drug-likeness (QED) is 0.677. The van der Waals surface area contributed by atoms with Gasteiger partial charge in [0.25, 0.3) is 0 Å². The number of rotatable bonds is 2. The predicted octanol–water partition coefficient (Wildman–Crippen LogP) is 2.20. The average Bonchev–Trinajstić information content (AvgIpc) is 2.56. The summed E-state index contributed by atoms with van der Waals surface area (Å²) < 4.78 is 19.3. The molecule has 1 saturated heterocycles. The van der Waals surface area contributed by atoms with Crippen molar-refractivity contribution in [1.29, 1.82) is 0 Å². The summed E-state index contributed by atoms with van der Waals surface area (Å²) in [6.07, 6.45) is 3.92. The molecule has 0 aromatic carbocycles. The molecule has 3 rings (SSSR count). The van der Waals surface area contributed by atoms with Crippen molar-refractivity contribution < 1.29 is 9.13 Å². The lowest BCUT2D eigenvalue weighted by Crippen LogP contribution is -2.39. The number of halogens is 2. The number of nitrogens with one attached hydrogen (secondary N) is 1. The summed E-state index contributed by atoms with van der Waals surface area (Å²) in [5, 5.41) is 3.40. The summed E-state index contributed by atoms with van der Waals surface area (Å²) >= 11 is 5.61. The van der Waals surface area contributed by atoms with E-state index in [2.05, 4.69) is 27.1 Å². The number of morpholine rings is 1. The minimum absolute atomic E-state index is 0.110. The van der Waals surface area contributed by atoms with Crippen LogP contribution in [0.5, 0.6) is 0 Å². The van der Waals surface area contributed by atoms with Crippen molar-refractivity contribution in [1.82, 2.24) is 15.3 Å². The van der Waals surface area contributed by atoms with Crippen molar-refractivity contribution in [3.8, 4) is 11.8 Å². The molecular weight excluding hydrogens is 317 g/mol. The minimum Gasteiger partial charge on any atom is -0.375 e. The standard InChI is InChI=1S/C17H15ClFN3O/c18-17-8-16(19)13(10-22-17)3-1-12-2-4-14(21-9-12)7-15-11-20-5-6-23-15/h2,4,8-10,15,20H,5-7,11H2. The Bertz CT molecular complexity index is 734.